The molecular formula is C41H53ClN6O9S. The lowest BCUT2D eigenvalue weighted by Gasteiger charge is -2.36. The maximum atomic E-state index is 14.8. The molecule has 3 aromatic rings. The van der Waals surface area contributed by atoms with Crippen molar-refractivity contribution in [3.05, 3.63) is 28.6 Å². The number of alkyl carbamates (subject to hydrolysis) is 1. The number of pyridine rings is 1. The van der Waals surface area contributed by atoms with Crippen molar-refractivity contribution < 1.29 is 43.2 Å². The lowest BCUT2D eigenvalue weighted by molar-refractivity contribution is -0.146. The van der Waals surface area contributed by atoms with E-state index in [2.05, 4.69) is 16.0 Å². The molecule has 3 aliphatic heterocycles. The first-order valence-electron chi connectivity index (χ1n) is 20.0. The fourth-order valence-corrected chi connectivity index (χ4v) is 9.61. The van der Waals surface area contributed by atoms with Crippen molar-refractivity contribution in [3.63, 3.8) is 0 Å². The zero-order chi connectivity index (χ0) is 41.7. The number of carboxylic acids is 1. The number of halogens is 1. The van der Waals surface area contributed by atoms with Crippen LogP contribution in [0.1, 0.15) is 86.5 Å². The van der Waals surface area contributed by atoms with Crippen molar-refractivity contribution in [1.82, 2.24) is 25.5 Å². The lowest BCUT2D eigenvalue weighted by Crippen LogP contribution is -2.59. The maximum absolute atomic E-state index is 14.8. The molecule has 2 unspecified atom stereocenters. The van der Waals surface area contributed by atoms with Crippen molar-refractivity contribution in [1.29, 1.82) is 0 Å². The van der Waals surface area contributed by atoms with Crippen LogP contribution < -0.4 is 25.4 Å². The minimum absolute atomic E-state index is 0.0387. The number of ether oxygens (including phenoxy) is 4. The second-order valence-electron chi connectivity index (χ2n) is 17.3. The second-order valence-corrected chi connectivity index (χ2v) is 18.5. The molecule has 5 heterocycles. The van der Waals surface area contributed by atoms with E-state index in [4.69, 9.17) is 40.5 Å². The van der Waals surface area contributed by atoms with Gasteiger partial charge in [0.05, 0.1) is 37.1 Å². The molecule has 0 radical (unpaired) electrons. The maximum Gasteiger partial charge on any atom is 0.408 e. The predicted molar refractivity (Wildman–Crippen MR) is 218 cm³/mol. The summed E-state index contributed by atoms with van der Waals surface area (Å²) in [5.41, 5.74) is -0.735. The number of anilines is 1. The van der Waals surface area contributed by atoms with Gasteiger partial charge in [0.15, 0.2) is 5.13 Å². The van der Waals surface area contributed by atoms with Gasteiger partial charge in [-0.2, -0.15) is 0 Å². The zero-order valence-corrected chi connectivity index (χ0v) is 35.5. The van der Waals surface area contributed by atoms with E-state index in [0.717, 1.165) is 18.0 Å². The van der Waals surface area contributed by atoms with Crippen LogP contribution in [0, 0.1) is 11.3 Å². The van der Waals surface area contributed by atoms with Crippen LogP contribution in [0.15, 0.2) is 23.6 Å². The molecule has 1 aliphatic carbocycles. The Morgan fingerprint density at radius 1 is 1.07 bits per heavy atom. The fourth-order valence-electron chi connectivity index (χ4n) is 8.47. The molecular weight excluding hydrogens is 788 g/mol. The number of rotatable bonds is 13. The summed E-state index contributed by atoms with van der Waals surface area (Å²) >= 11 is 8.26. The summed E-state index contributed by atoms with van der Waals surface area (Å²) in [6.45, 7) is 11.3. The summed E-state index contributed by atoms with van der Waals surface area (Å²) in [4.78, 5) is 65.9. The van der Waals surface area contributed by atoms with E-state index in [0.29, 0.717) is 53.1 Å². The lowest BCUT2D eigenvalue weighted by atomic mass is 9.85. The number of hydrogen-bond acceptors (Lipinski definition) is 12. The Hall–Kier alpha value is -4.41. The molecule has 2 bridgehead atoms. The third kappa shape index (κ3) is 8.51. The highest BCUT2D eigenvalue weighted by Crippen LogP contribution is 2.47. The van der Waals surface area contributed by atoms with Crippen LogP contribution in [-0.2, 0) is 23.9 Å². The molecule has 3 amide bonds. The summed E-state index contributed by atoms with van der Waals surface area (Å²) in [5, 5.41) is 22.6. The molecule has 4 fully saturated rings. The standard InChI is InChI=1S/C41H53ClN6O9S/c1-8-21-17-41(21,37(51)52)47-35(49)29-15-25(18-48(29)36(50)34(40(4,5)6)46-39(53)57-24-13-22-9-10-23(14-24)55-22)56-31-16-27(28-19-58-38(45-28)43-20(2)3)44-33-26(31)11-12-30(54-7)32(33)42/h11-12,16,19-25,29,34H,8-10,13-15,17-18H2,1-7H3,(H,43,45)(H,46,53)(H,47,49)(H,51,52)/t21-,22-,23+,24?,25-,29+,34?,41-/m1/s1. The van der Waals surface area contributed by atoms with Gasteiger partial charge in [-0.05, 0) is 56.6 Å². The highest BCUT2D eigenvalue weighted by molar-refractivity contribution is 7.14. The van der Waals surface area contributed by atoms with Gasteiger partial charge in [-0.1, -0.05) is 45.7 Å². The quantitative estimate of drug-likeness (QED) is 0.148. The Morgan fingerprint density at radius 2 is 1.79 bits per heavy atom. The third-order valence-electron chi connectivity index (χ3n) is 11.6. The molecule has 58 heavy (non-hydrogen) atoms. The number of aromatic nitrogens is 2. The number of fused-ring (bicyclic) bond motifs is 3. The van der Waals surface area contributed by atoms with Crippen LogP contribution in [0.5, 0.6) is 11.5 Å². The summed E-state index contributed by atoms with van der Waals surface area (Å²) in [5.74, 6) is -1.67. The molecule has 0 spiro atoms. The first-order chi connectivity index (χ1) is 27.5. The number of carbonyl (C=O) groups is 4. The van der Waals surface area contributed by atoms with Crippen molar-refractivity contribution in [2.24, 2.45) is 11.3 Å². The number of methoxy groups -OCH3 is 1. The van der Waals surface area contributed by atoms with Crippen molar-refractivity contribution in [3.8, 4) is 22.9 Å². The number of carbonyl (C=O) groups excluding carboxylic acids is 3. The zero-order valence-electron chi connectivity index (χ0n) is 33.9. The Bertz CT molecular complexity index is 2060. The van der Waals surface area contributed by atoms with Gasteiger partial charge in [0, 0.05) is 42.1 Å². The summed E-state index contributed by atoms with van der Waals surface area (Å²) in [7, 11) is 1.51. The number of amides is 3. The molecule has 2 aromatic heterocycles. The number of thiazole rings is 1. The SMILES string of the molecule is CC[C@@H]1C[C@]1(NC(=O)[C@@H]1C[C@@H](Oc2cc(-c3csc(NC(C)C)n3)nc3c(Cl)c(OC)ccc23)CN1C(=O)C(NC(=O)OC1C[C@H]2CC[C@@H](C1)O2)C(C)(C)C)C(=O)O. The Morgan fingerprint density at radius 3 is 2.41 bits per heavy atom. The van der Waals surface area contributed by atoms with Gasteiger partial charge in [-0.25, -0.2) is 19.6 Å². The van der Waals surface area contributed by atoms with E-state index in [9.17, 15) is 24.3 Å². The molecule has 1 saturated carbocycles. The number of aliphatic carboxylic acids is 1. The molecule has 4 aliphatic rings. The highest BCUT2D eigenvalue weighted by Gasteiger charge is 2.61. The first-order valence-corrected chi connectivity index (χ1v) is 21.3. The van der Waals surface area contributed by atoms with E-state index in [1.807, 2.05) is 46.9 Å². The number of nitrogens with zero attached hydrogens (tertiary/aromatic N) is 3. The van der Waals surface area contributed by atoms with Gasteiger partial charge in [0.25, 0.3) is 0 Å². The van der Waals surface area contributed by atoms with Crippen LogP contribution in [0.3, 0.4) is 0 Å². The van der Waals surface area contributed by atoms with Crippen LogP contribution in [0.25, 0.3) is 22.3 Å². The predicted octanol–water partition coefficient (Wildman–Crippen LogP) is 6.41. The Balaban J connectivity index is 1.19. The van der Waals surface area contributed by atoms with Crippen LogP contribution in [-0.4, -0.2) is 106 Å². The van der Waals surface area contributed by atoms with E-state index in [-0.39, 0.29) is 54.7 Å². The molecule has 3 saturated heterocycles. The van der Waals surface area contributed by atoms with Crippen molar-refractivity contribution >= 4 is 62.8 Å². The van der Waals surface area contributed by atoms with E-state index >= 15 is 0 Å². The van der Waals surface area contributed by atoms with Crippen molar-refractivity contribution in [2.75, 3.05) is 19.0 Å². The second kappa shape index (κ2) is 16.3. The Kier molecular flexibility index (Phi) is 11.7. The molecule has 17 heteroatoms. The van der Waals surface area contributed by atoms with E-state index in [1.54, 1.807) is 18.2 Å². The number of nitrogens with one attached hydrogen (secondary N) is 3. The molecule has 15 nitrogen and oxygen atoms in total. The van der Waals surface area contributed by atoms with Gasteiger partial charge in [-0.3, -0.25) is 9.59 Å². The number of benzene rings is 1. The van der Waals surface area contributed by atoms with Crippen molar-refractivity contribution in [2.45, 2.75) is 135 Å². The van der Waals surface area contributed by atoms with Gasteiger partial charge in [-0.15, -0.1) is 11.3 Å². The minimum Gasteiger partial charge on any atom is -0.495 e. The average molecular weight is 841 g/mol. The van der Waals surface area contributed by atoms with Gasteiger partial charge in [0.1, 0.15) is 52.0 Å². The minimum atomic E-state index is -1.42. The van der Waals surface area contributed by atoms with Gasteiger partial charge in [0.2, 0.25) is 11.8 Å². The molecule has 4 N–H and O–H groups in total. The topological polar surface area (TPSA) is 191 Å². The number of carboxylic acid groups (broad SMARTS) is 1. The Labute approximate surface area is 346 Å². The van der Waals surface area contributed by atoms with Gasteiger partial charge < -0.3 is 44.9 Å². The smallest absolute Gasteiger partial charge is 0.408 e. The van der Waals surface area contributed by atoms with E-state index < -0.39 is 53.0 Å². The molecule has 314 valence electrons. The molecule has 1 aromatic carbocycles. The summed E-state index contributed by atoms with van der Waals surface area (Å²) in [6, 6.07) is 3.21. The third-order valence-corrected chi connectivity index (χ3v) is 12.7. The number of likely N-dealkylation sites (tertiary alicyclic amines) is 1. The fraction of sp³-hybridized carbons (Fsp3) is 0.610. The van der Waals surface area contributed by atoms with Crippen LogP contribution >= 0.6 is 22.9 Å². The summed E-state index contributed by atoms with van der Waals surface area (Å²) in [6.07, 6.45) is 2.26. The van der Waals surface area contributed by atoms with Crippen LogP contribution in [0.2, 0.25) is 5.02 Å². The van der Waals surface area contributed by atoms with Crippen LogP contribution in [0.4, 0.5) is 9.93 Å². The van der Waals surface area contributed by atoms with Gasteiger partial charge >= 0.3 is 12.1 Å². The average Bonchev–Trinajstić information content (AvgIpc) is 3.42. The highest BCUT2D eigenvalue weighted by atomic mass is 35.5. The molecule has 8 atom stereocenters. The normalized spacial score (nSPS) is 26.9. The molecule has 7 rings (SSSR count). The largest absolute Gasteiger partial charge is 0.495 e. The van der Waals surface area contributed by atoms with E-state index in [1.165, 1.54) is 23.3 Å². The monoisotopic (exact) mass is 840 g/mol. The summed E-state index contributed by atoms with van der Waals surface area (Å²) < 4.78 is 24.0. The first kappa shape index (κ1) is 41.7. The number of hydrogen-bond donors (Lipinski definition) is 4.